The fraction of sp³-hybridized carbons (Fsp3) is 0.300. The quantitative estimate of drug-likeness (QED) is 0.551. The zero-order chi connectivity index (χ0) is 18.4. The molecule has 5 nitrogen and oxygen atoms in total. The molecule has 0 aliphatic carbocycles. The standard InChI is InChI=1S/C20H21NO4S/c1-15-5-4-6-16(13-15)24-11-12-25-20(23)9-10-21-17-7-2-3-8-18(17)26-14-19(21)22/h2-8,13H,9-12,14H2,1H3. The van der Waals surface area contributed by atoms with Crippen LogP contribution in [0.3, 0.4) is 0 Å². The third kappa shape index (κ3) is 4.79. The third-order valence-electron chi connectivity index (χ3n) is 3.95. The maximum absolute atomic E-state index is 12.1. The molecule has 1 heterocycles. The smallest absolute Gasteiger partial charge is 0.307 e. The highest BCUT2D eigenvalue weighted by atomic mass is 32.2. The van der Waals surface area contributed by atoms with Crippen LogP contribution < -0.4 is 9.64 Å². The van der Waals surface area contributed by atoms with Crippen molar-refractivity contribution in [1.29, 1.82) is 0 Å². The first-order valence-corrected chi connectivity index (χ1v) is 9.49. The van der Waals surface area contributed by atoms with E-state index in [4.69, 9.17) is 9.47 Å². The number of benzene rings is 2. The molecule has 1 aliphatic heterocycles. The van der Waals surface area contributed by atoms with Crippen molar-refractivity contribution >= 4 is 29.3 Å². The van der Waals surface area contributed by atoms with Gasteiger partial charge in [-0.25, -0.2) is 0 Å². The lowest BCUT2D eigenvalue weighted by Gasteiger charge is -2.28. The van der Waals surface area contributed by atoms with Gasteiger partial charge in [-0.2, -0.15) is 0 Å². The highest BCUT2D eigenvalue weighted by molar-refractivity contribution is 8.00. The molecule has 0 fully saturated rings. The Balaban J connectivity index is 1.42. The second kappa shape index (κ2) is 8.76. The van der Waals surface area contributed by atoms with Crippen molar-refractivity contribution in [3.05, 3.63) is 54.1 Å². The Morgan fingerprint density at radius 1 is 1.15 bits per heavy atom. The highest BCUT2D eigenvalue weighted by Gasteiger charge is 2.24. The minimum Gasteiger partial charge on any atom is -0.490 e. The van der Waals surface area contributed by atoms with Crippen molar-refractivity contribution in [3.8, 4) is 5.75 Å². The molecule has 1 amide bonds. The molecular weight excluding hydrogens is 350 g/mol. The maximum Gasteiger partial charge on any atom is 0.307 e. The monoisotopic (exact) mass is 371 g/mol. The number of hydrogen-bond acceptors (Lipinski definition) is 5. The summed E-state index contributed by atoms with van der Waals surface area (Å²) in [6, 6.07) is 15.4. The molecule has 3 rings (SSSR count). The lowest BCUT2D eigenvalue weighted by atomic mass is 10.2. The van der Waals surface area contributed by atoms with Gasteiger partial charge in [0.1, 0.15) is 19.0 Å². The first kappa shape index (κ1) is 18.3. The molecule has 136 valence electrons. The zero-order valence-electron chi connectivity index (χ0n) is 14.6. The topological polar surface area (TPSA) is 55.8 Å². The number of anilines is 1. The lowest BCUT2D eigenvalue weighted by molar-refractivity contribution is -0.144. The number of rotatable bonds is 7. The number of para-hydroxylation sites is 1. The summed E-state index contributed by atoms with van der Waals surface area (Å²) in [7, 11) is 0. The average molecular weight is 371 g/mol. The molecule has 0 saturated carbocycles. The van der Waals surface area contributed by atoms with Crippen LogP contribution in [0.25, 0.3) is 0 Å². The van der Waals surface area contributed by atoms with E-state index in [9.17, 15) is 9.59 Å². The number of nitrogens with zero attached hydrogens (tertiary/aromatic N) is 1. The maximum atomic E-state index is 12.1. The number of fused-ring (bicyclic) bond motifs is 1. The van der Waals surface area contributed by atoms with Gasteiger partial charge in [-0.3, -0.25) is 9.59 Å². The van der Waals surface area contributed by atoms with Crippen LogP contribution in [0.15, 0.2) is 53.4 Å². The summed E-state index contributed by atoms with van der Waals surface area (Å²) in [5.41, 5.74) is 1.98. The van der Waals surface area contributed by atoms with E-state index in [0.29, 0.717) is 18.9 Å². The fourth-order valence-corrected chi connectivity index (χ4v) is 3.63. The summed E-state index contributed by atoms with van der Waals surface area (Å²) in [6.07, 6.45) is 0.162. The Morgan fingerprint density at radius 2 is 2.00 bits per heavy atom. The first-order chi connectivity index (χ1) is 12.6. The third-order valence-corrected chi connectivity index (χ3v) is 5.00. The van der Waals surface area contributed by atoms with Gasteiger partial charge in [-0.15, -0.1) is 11.8 Å². The van der Waals surface area contributed by atoms with Gasteiger partial charge in [0.15, 0.2) is 0 Å². The van der Waals surface area contributed by atoms with Crippen molar-refractivity contribution < 1.29 is 19.1 Å². The van der Waals surface area contributed by atoms with Crippen LogP contribution in [0.1, 0.15) is 12.0 Å². The van der Waals surface area contributed by atoms with Gasteiger partial charge in [0.05, 0.1) is 17.9 Å². The molecule has 0 spiro atoms. The van der Waals surface area contributed by atoms with E-state index in [1.54, 1.807) is 4.90 Å². The van der Waals surface area contributed by atoms with Crippen LogP contribution in [0.5, 0.6) is 5.75 Å². The minimum absolute atomic E-state index is 0.0179. The molecule has 0 saturated heterocycles. The molecule has 0 aromatic heterocycles. The predicted molar refractivity (Wildman–Crippen MR) is 102 cm³/mol. The number of aryl methyl sites for hydroxylation is 1. The van der Waals surface area contributed by atoms with Gasteiger partial charge in [-0.1, -0.05) is 24.3 Å². The number of ether oxygens (including phenoxy) is 2. The summed E-state index contributed by atoms with van der Waals surface area (Å²) >= 11 is 1.53. The van der Waals surface area contributed by atoms with E-state index in [2.05, 4.69) is 0 Å². The second-order valence-corrected chi connectivity index (χ2v) is 6.95. The number of esters is 1. The predicted octanol–water partition coefficient (Wildman–Crippen LogP) is 3.45. The molecule has 26 heavy (non-hydrogen) atoms. The molecule has 0 radical (unpaired) electrons. The van der Waals surface area contributed by atoms with Gasteiger partial charge in [0.2, 0.25) is 5.91 Å². The van der Waals surface area contributed by atoms with Gasteiger partial charge >= 0.3 is 5.97 Å². The number of carbonyl (C=O) groups is 2. The lowest BCUT2D eigenvalue weighted by Crippen LogP contribution is -2.37. The number of carbonyl (C=O) groups excluding carboxylic acids is 2. The van der Waals surface area contributed by atoms with Crippen molar-refractivity contribution in [3.63, 3.8) is 0 Å². The average Bonchev–Trinajstić information content (AvgIpc) is 2.64. The summed E-state index contributed by atoms with van der Waals surface area (Å²) < 4.78 is 10.8. The van der Waals surface area contributed by atoms with Gasteiger partial charge in [-0.05, 0) is 36.8 Å². The highest BCUT2D eigenvalue weighted by Crippen LogP contribution is 2.34. The molecule has 6 heteroatoms. The Kier molecular flexibility index (Phi) is 6.17. The van der Waals surface area contributed by atoms with Crippen molar-refractivity contribution in [2.24, 2.45) is 0 Å². The van der Waals surface area contributed by atoms with E-state index in [-0.39, 0.29) is 24.9 Å². The molecule has 2 aromatic rings. The molecule has 0 N–H and O–H groups in total. The van der Waals surface area contributed by atoms with Crippen LogP contribution in [-0.2, 0) is 14.3 Å². The van der Waals surface area contributed by atoms with E-state index in [0.717, 1.165) is 21.9 Å². The van der Waals surface area contributed by atoms with E-state index in [1.165, 1.54) is 11.8 Å². The molecule has 0 bridgehead atoms. The second-order valence-electron chi connectivity index (χ2n) is 5.94. The van der Waals surface area contributed by atoms with E-state index >= 15 is 0 Å². The summed E-state index contributed by atoms with van der Waals surface area (Å²) in [4.78, 5) is 26.8. The van der Waals surface area contributed by atoms with Crippen molar-refractivity contribution in [1.82, 2.24) is 0 Å². The molecule has 0 unspecified atom stereocenters. The Hall–Kier alpha value is -2.47. The number of thioether (sulfide) groups is 1. The van der Waals surface area contributed by atoms with E-state index < -0.39 is 0 Å². The normalized spacial score (nSPS) is 13.3. The summed E-state index contributed by atoms with van der Waals surface area (Å²) in [5, 5.41) is 0. The number of hydrogen-bond donors (Lipinski definition) is 0. The summed E-state index contributed by atoms with van der Waals surface area (Å²) in [6.45, 7) is 2.81. The molecular formula is C20H21NO4S. The van der Waals surface area contributed by atoms with Crippen molar-refractivity contribution in [2.75, 3.05) is 30.4 Å². The van der Waals surface area contributed by atoms with Crippen LogP contribution in [0, 0.1) is 6.92 Å². The Bertz CT molecular complexity index is 793. The molecule has 1 aliphatic rings. The Labute approximate surface area is 157 Å². The SMILES string of the molecule is Cc1cccc(OCCOC(=O)CCN2C(=O)CSc3ccccc32)c1. The van der Waals surface area contributed by atoms with Gasteiger partial charge in [0.25, 0.3) is 0 Å². The van der Waals surface area contributed by atoms with E-state index in [1.807, 2.05) is 55.5 Å². The summed E-state index contributed by atoms with van der Waals surface area (Å²) in [5.74, 6) is 0.843. The van der Waals surface area contributed by atoms with Crippen LogP contribution in [0.4, 0.5) is 5.69 Å². The largest absolute Gasteiger partial charge is 0.490 e. The number of amides is 1. The first-order valence-electron chi connectivity index (χ1n) is 8.51. The van der Waals surface area contributed by atoms with Crippen LogP contribution in [-0.4, -0.2) is 37.4 Å². The van der Waals surface area contributed by atoms with Crippen LogP contribution >= 0.6 is 11.8 Å². The minimum atomic E-state index is -0.332. The van der Waals surface area contributed by atoms with Crippen LogP contribution in [0.2, 0.25) is 0 Å². The fourth-order valence-electron chi connectivity index (χ4n) is 2.69. The molecule has 0 atom stereocenters. The van der Waals surface area contributed by atoms with Crippen molar-refractivity contribution in [2.45, 2.75) is 18.2 Å². The Morgan fingerprint density at radius 3 is 2.85 bits per heavy atom. The zero-order valence-corrected chi connectivity index (χ0v) is 15.5. The molecule has 2 aromatic carbocycles. The van der Waals surface area contributed by atoms with Gasteiger partial charge < -0.3 is 14.4 Å². The van der Waals surface area contributed by atoms with Gasteiger partial charge in [0, 0.05) is 11.4 Å².